The van der Waals surface area contributed by atoms with Crippen LogP contribution in [-0.2, 0) is 19.1 Å². The summed E-state index contributed by atoms with van der Waals surface area (Å²) in [7, 11) is 1.49. The third-order valence-corrected chi connectivity index (χ3v) is 7.11. The molecule has 2 amide bonds. The van der Waals surface area contributed by atoms with E-state index >= 15 is 0 Å². The van der Waals surface area contributed by atoms with Crippen molar-refractivity contribution in [2.24, 2.45) is 5.92 Å². The monoisotopic (exact) mass is 480 g/mol. The second kappa shape index (κ2) is 10.9. The molecule has 0 bridgehead atoms. The summed E-state index contributed by atoms with van der Waals surface area (Å²) in [6.07, 6.45) is 0.126. The molecule has 186 valence electrons. The maximum atomic E-state index is 13.2. The topological polar surface area (TPSA) is 105 Å². The Bertz CT molecular complexity index is 1030. The van der Waals surface area contributed by atoms with Crippen LogP contribution < -0.4 is 5.32 Å². The van der Waals surface area contributed by atoms with Crippen molar-refractivity contribution in [1.29, 1.82) is 0 Å². The van der Waals surface area contributed by atoms with Gasteiger partial charge < -0.3 is 24.8 Å². The molecule has 2 aliphatic rings. The van der Waals surface area contributed by atoms with Crippen LogP contribution in [0.25, 0.3) is 11.1 Å². The first-order chi connectivity index (χ1) is 16.9. The smallest absolute Gasteiger partial charge is 0.407 e. The number of nitrogens with zero attached hydrogens (tertiary/aromatic N) is 1. The molecule has 8 nitrogen and oxygen atoms in total. The standard InChI is InChI=1S/C27H32N2O6/c1-17(34-2)25(26(32)29-13-11-18(12-14-29)15-24(30)31)28-27(33)35-16-23-21-9-5-3-7-19(21)20-8-4-6-10-22(20)23/h3-10,17-18,23,25H,11-16H2,1-2H3,(H,28,33)(H,30,31). The second-order valence-corrected chi connectivity index (χ2v) is 9.25. The molecule has 4 rings (SSSR count). The molecule has 2 N–H and O–H groups in total. The lowest BCUT2D eigenvalue weighted by atomic mass is 9.93. The van der Waals surface area contributed by atoms with E-state index in [0.29, 0.717) is 25.9 Å². The number of ether oxygens (including phenoxy) is 2. The lowest BCUT2D eigenvalue weighted by Crippen LogP contribution is -2.55. The van der Waals surface area contributed by atoms with Crippen LogP contribution in [0.3, 0.4) is 0 Å². The van der Waals surface area contributed by atoms with Gasteiger partial charge >= 0.3 is 12.1 Å². The summed E-state index contributed by atoms with van der Waals surface area (Å²) in [4.78, 5) is 38.6. The van der Waals surface area contributed by atoms with Crippen molar-refractivity contribution in [1.82, 2.24) is 10.2 Å². The van der Waals surface area contributed by atoms with Crippen molar-refractivity contribution in [3.63, 3.8) is 0 Å². The number of carbonyl (C=O) groups excluding carboxylic acids is 2. The van der Waals surface area contributed by atoms with Gasteiger partial charge in [0, 0.05) is 32.5 Å². The molecule has 1 aliphatic heterocycles. The SMILES string of the molecule is COC(C)C(NC(=O)OCC1c2ccccc2-c2ccccc21)C(=O)N1CCC(CC(=O)O)CC1. The maximum Gasteiger partial charge on any atom is 0.407 e. The predicted octanol–water partition coefficient (Wildman–Crippen LogP) is 3.64. The van der Waals surface area contributed by atoms with E-state index in [4.69, 9.17) is 14.6 Å². The lowest BCUT2D eigenvalue weighted by molar-refractivity contribution is -0.139. The Morgan fingerprint density at radius 1 is 1.03 bits per heavy atom. The number of hydrogen-bond acceptors (Lipinski definition) is 5. The first kappa shape index (κ1) is 24.7. The molecule has 1 fully saturated rings. The van der Waals surface area contributed by atoms with Crippen LogP contribution in [0.15, 0.2) is 48.5 Å². The number of amides is 2. The Kier molecular flexibility index (Phi) is 7.70. The van der Waals surface area contributed by atoms with Gasteiger partial charge in [0.2, 0.25) is 5.91 Å². The van der Waals surface area contributed by atoms with Crippen LogP contribution in [0.5, 0.6) is 0 Å². The molecule has 2 aromatic carbocycles. The predicted molar refractivity (Wildman–Crippen MR) is 130 cm³/mol. The van der Waals surface area contributed by atoms with E-state index in [9.17, 15) is 14.4 Å². The quantitative estimate of drug-likeness (QED) is 0.598. The van der Waals surface area contributed by atoms with E-state index in [2.05, 4.69) is 29.6 Å². The summed E-state index contributed by atoms with van der Waals surface area (Å²) < 4.78 is 11.0. The van der Waals surface area contributed by atoms with Crippen LogP contribution in [0.4, 0.5) is 4.79 Å². The minimum Gasteiger partial charge on any atom is -0.481 e. The summed E-state index contributed by atoms with van der Waals surface area (Å²) in [6.45, 7) is 2.79. The van der Waals surface area contributed by atoms with Crippen LogP contribution in [-0.4, -0.2) is 66.9 Å². The Balaban J connectivity index is 1.38. The molecule has 0 aromatic heterocycles. The molecular weight excluding hydrogens is 448 g/mol. The first-order valence-corrected chi connectivity index (χ1v) is 12.0. The summed E-state index contributed by atoms with van der Waals surface area (Å²) in [5, 5.41) is 11.7. The molecule has 1 aliphatic carbocycles. The average molecular weight is 481 g/mol. The van der Waals surface area contributed by atoms with Gasteiger partial charge in [-0.1, -0.05) is 48.5 Å². The van der Waals surface area contributed by atoms with Gasteiger partial charge in [0.25, 0.3) is 0 Å². The van der Waals surface area contributed by atoms with Crippen molar-refractivity contribution in [3.05, 3.63) is 59.7 Å². The van der Waals surface area contributed by atoms with Gasteiger partial charge in [0.1, 0.15) is 12.6 Å². The van der Waals surface area contributed by atoms with Crippen molar-refractivity contribution in [3.8, 4) is 11.1 Å². The fourth-order valence-electron chi connectivity index (χ4n) is 5.08. The number of piperidine rings is 1. The molecule has 2 atom stereocenters. The zero-order valence-electron chi connectivity index (χ0n) is 20.1. The summed E-state index contributed by atoms with van der Waals surface area (Å²) in [6, 6.07) is 15.3. The highest BCUT2D eigenvalue weighted by atomic mass is 16.5. The fourth-order valence-corrected chi connectivity index (χ4v) is 5.08. The Morgan fingerprint density at radius 2 is 1.60 bits per heavy atom. The third-order valence-electron chi connectivity index (χ3n) is 7.11. The van der Waals surface area contributed by atoms with E-state index in [1.54, 1.807) is 11.8 Å². The molecule has 2 aromatic rings. The molecule has 35 heavy (non-hydrogen) atoms. The van der Waals surface area contributed by atoms with Gasteiger partial charge in [-0.05, 0) is 47.9 Å². The van der Waals surface area contributed by atoms with Crippen LogP contribution in [0, 0.1) is 5.92 Å². The van der Waals surface area contributed by atoms with Gasteiger partial charge in [0.05, 0.1) is 6.10 Å². The average Bonchev–Trinajstić information content (AvgIpc) is 3.19. The van der Waals surface area contributed by atoms with E-state index in [1.807, 2.05) is 24.3 Å². The molecule has 0 radical (unpaired) electrons. The normalized spacial score (nSPS) is 17.3. The number of fused-ring (bicyclic) bond motifs is 3. The molecule has 0 spiro atoms. The molecule has 1 heterocycles. The van der Waals surface area contributed by atoms with Crippen molar-refractivity contribution in [2.45, 2.75) is 44.2 Å². The van der Waals surface area contributed by atoms with Gasteiger partial charge in [-0.3, -0.25) is 9.59 Å². The maximum absolute atomic E-state index is 13.2. The number of nitrogens with one attached hydrogen (secondary N) is 1. The number of carbonyl (C=O) groups is 3. The Hall–Kier alpha value is -3.39. The minimum absolute atomic E-state index is 0.0601. The van der Waals surface area contributed by atoms with E-state index in [1.165, 1.54) is 7.11 Å². The molecule has 1 saturated heterocycles. The van der Waals surface area contributed by atoms with Crippen molar-refractivity contribution in [2.75, 3.05) is 26.8 Å². The number of likely N-dealkylation sites (tertiary alicyclic amines) is 1. The van der Waals surface area contributed by atoms with E-state index in [0.717, 1.165) is 22.3 Å². The summed E-state index contributed by atoms with van der Waals surface area (Å²) in [5.74, 6) is -1.08. The molecular formula is C27H32N2O6. The Morgan fingerprint density at radius 3 is 2.14 bits per heavy atom. The number of alkyl carbamates (subject to hydrolysis) is 1. The lowest BCUT2D eigenvalue weighted by Gasteiger charge is -2.35. The molecule has 8 heteroatoms. The highest BCUT2D eigenvalue weighted by molar-refractivity contribution is 5.86. The van der Waals surface area contributed by atoms with E-state index < -0.39 is 24.2 Å². The largest absolute Gasteiger partial charge is 0.481 e. The van der Waals surface area contributed by atoms with Crippen molar-refractivity contribution < 1.29 is 29.0 Å². The zero-order valence-corrected chi connectivity index (χ0v) is 20.1. The highest BCUT2D eigenvalue weighted by Gasteiger charge is 2.35. The number of rotatable bonds is 8. The van der Waals surface area contributed by atoms with Gasteiger partial charge in [0.15, 0.2) is 0 Å². The minimum atomic E-state index is -0.897. The van der Waals surface area contributed by atoms with Crippen molar-refractivity contribution >= 4 is 18.0 Å². The number of carboxylic acid groups (broad SMARTS) is 1. The van der Waals surface area contributed by atoms with E-state index in [-0.39, 0.29) is 30.8 Å². The number of benzene rings is 2. The fraction of sp³-hybridized carbons (Fsp3) is 0.444. The highest BCUT2D eigenvalue weighted by Crippen LogP contribution is 2.44. The molecule has 0 saturated carbocycles. The number of carboxylic acids is 1. The first-order valence-electron chi connectivity index (χ1n) is 12.0. The van der Waals surface area contributed by atoms with Crippen LogP contribution in [0.2, 0.25) is 0 Å². The zero-order chi connectivity index (χ0) is 24.9. The second-order valence-electron chi connectivity index (χ2n) is 9.25. The Labute approximate surface area is 205 Å². The van der Waals surface area contributed by atoms with Gasteiger partial charge in [-0.2, -0.15) is 0 Å². The summed E-state index contributed by atoms with van der Waals surface area (Å²) >= 11 is 0. The number of methoxy groups -OCH3 is 1. The van der Waals surface area contributed by atoms with Gasteiger partial charge in [-0.25, -0.2) is 4.79 Å². The van der Waals surface area contributed by atoms with Gasteiger partial charge in [-0.15, -0.1) is 0 Å². The number of aliphatic carboxylic acids is 1. The summed E-state index contributed by atoms with van der Waals surface area (Å²) in [5.41, 5.74) is 4.51. The van der Waals surface area contributed by atoms with Crippen LogP contribution >= 0.6 is 0 Å². The molecule has 2 unspecified atom stereocenters. The third kappa shape index (κ3) is 5.48. The number of hydrogen-bond donors (Lipinski definition) is 2. The van der Waals surface area contributed by atoms with Crippen LogP contribution in [0.1, 0.15) is 43.2 Å².